The van der Waals surface area contributed by atoms with Gasteiger partial charge in [-0.25, -0.2) is 0 Å². The van der Waals surface area contributed by atoms with Crippen molar-refractivity contribution in [2.24, 2.45) is 0 Å². The first-order valence-electron chi connectivity index (χ1n) is 3.46. The van der Waals surface area contributed by atoms with Gasteiger partial charge >= 0.3 is 8.80 Å². The Morgan fingerprint density at radius 3 is 1.58 bits per heavy atom. The fourth-order valence-corrected chi connectivity index (χ4v) is 3.45. The maximum atomic E-state index is 5.98. The molecule has 0 rings (SSSR count). The van der Waals surface area contributed by atoms with Crippen molar-refractivity contribution in [3.8, 4) is 0 Å². The molecule has 0 bridgehead atoms. The molecule has 76 valence electrons. The zero-order chi connectivity index (χ0) is 8.91. The molecular formula is C6H19ClO3Si2. The van der Waals surface area contributed by atoms with Crippen LogP contribution in [0.25, 0.3) is 0 Å². The summed E-state index contributed by atoms with van der Waals surface area (Å²) in [5, 5.41) is -0.164. The standard InChI is InChI=1S/C6H15ClO3Si.H4Si/c1-5-6(7)11(8-2,9-3)10-4;/h6H,5H2,1-4H3;1H4. The minimum absolute atomic E-state index is 0. The van der Waals surface area contributed by atoms with Gasteiger partial charge in [0.25, 0.3) is 0 Å². The summed E-state index contributed by atoms with van der Waals surface area (Å²) in [7, 11) is 2.12. The van der Waals surface area contributed by atoms with E-state index in [1.165, 1.54) is 0 Å². The first kappa shape index (κ1) is 15.1. The molecule has 12 heavy (non-hydrogen) atoms. The molecule has 0 amide bonds. The topological polar surface area (TPSA) is 27.7 Å². The molecule has 0 aliphatic rings. The average molecular weight is 231 g/mol. The summed E-state index contributed by atoms with van der Waals surface area (Å²) in [6, 6.07) is 0. The molecule has 0 heterocycles. The van der Waals surface area contributed by atoms with E-state index in [-0.39, 0.29) is 16.0 Å². The number of alkyl halides is 1. The largest absolute Gasteiger partial charge is 0.518 e. The van der Waals surface area contributed by atoms with Crippen molar-refractivity contribution in [1.29, 1.82) is 0 Å². The first-order chi connectivity index (χ1) is 5.16. The van der Waals surface area contributed by atoms with Crippen molar-refractivity contribution < 1.29 is 13.3 Å². The summed E-state index contributed by atoms with van der Waals surface area (Å²) in [6.45, 7) is 1.97. The highest BCUT2D eigenvalue weighted by atomic mass is 35.5. The Kier molecular flexibility index (Phi) is 8.87. The van der Waals surface area contributed by atoms with Crippen molar-refractivity contribution in [2.75, 3.05) is 21.3 Å². The van der Waals surface area contributed by atoms with E-state index in [1.54, 1.807) is 21.3 Å². The van der Waals surface area contributed by atoms with Gasteiger partial charge in [-0.3, -0.25) is 0 Å². The van der Waals surface area contributed by atoms with Gasteiger partial charge in [0.05, 0.1) is 0 Å². The van der Waals surface area contributed by atoms with Gasteiger partial charge < -0.3 is 13.3 Å². The van der Waals surface area contributed by atoms with Crippen LogP contribution in [0.5, 0.6) is 0 Å². The van der Waals surface area contributed by atoms with E-state index < -0.39 is 8.80 Å². The SMILES string of the molecule is CCC(Cl)[Si](OC)(OC)OC.[SiH4]. The fraction of sp³-hybridized carbons (Fsp3) is 1.00. The lowest BCUT2D eigenvalue weighted by Gasteiger charge is -2.27. The molecule has 0 spiro atoms. The molecule has 0 N–H and O–H groups in total. The number of rotatable bonds is 5. The third kappa shape index (κ3) is 3.16. The van der Waals surface area contributed by atoms with Crippen molar-refractivity contribution in [2.45, 2.75) is 18.3 Å². The normalized spacial score (nSPS) is 13.8. The zero-order valence-corrected chi connectivity index (χ0v) is 9.14. The fourth-order valence-electron chi connectivity index (χ4n) is 0.884. The smallest absolute Gasteiger partial charge is 0.376 e. The highest BCUT2D eigenvalue weighted by Gasteiger charge is 2.45. The van der Waals surface area contributed by atoms with Crippen LogP contribution in [0.4, 0.5) is 0 Å². The summed E-state index contributed by atoms with van der Waals surface area (Å²) < 4.78 is 15.5. The van der Waals surface area contributed by atoms with Gasteiger partial charge in [-0.1, -0.05) is 6.92 Å². The Hall–Kier alpha value is 0.604. The number of hydrogen-bond donors (Lipinski definition) is 0. The summed E-state index contributed by atoms with van der Waals surface area (Å²) in [5.41, 5.74) is 0. The molecule has 0 aromatic carbocycles. The van der Waals surface area contributed by atoms with Crippen molar-refractivity contribution in [3.05, 3.63) is 0 Å². The average Bonchev–Trinajstić information content (AvgIpc) is 2.08. The Bertz CT molecular complexity index is 103. The lowest BCUT2D eigenvalue weighted by atomic mass is 10.6. The van der Waals surface area contributed by atoms with Gasteiger partial charge in [-0.15, -0.1) is 11.6 Å². The first-order valence-corrected chi connectivity index (χ1v) is 5.70. The van der Waals surface area contributed by atoms with Gasteiger partial charge in [0.15, 0.2) is 0 Å². The summed E-state index contributed by atoms with van der Waals surface area (Å²) in [6.07, 6.45) is 0.781. The minimum atomic E-state index is -2.56. The van der Waals surface area contributed by atoms with Crippen LogP contribution in [0, 0.1) is 0 Å². The molecule has 0 aliphatic heterocycles. The van der Waals surface area contributed by atoms with E-state index >= 15 is 0 Å². The van der Waals surface area contributed by atoms with Gasteiger partial charge in [-0.2, -0.15) is 0 Å². The minimum Gasteiger partial charge on any atom is -0.376 e. The third-order valence-corrected chi connectivity index (χ3v) is 5.59. The van der Waals surface area contributed by atoms with E-state index in [4.69, 9.17) is 24.9 Å². The van der Waals surface area contributed by atoms with E-state index in [1.807, 2.05) is 6.92 Å². The molecule has 1 atom stereocenters. The van der Waals surface area contributed by atoms with E-state index in [0.717, 1.165) is 6.42 Å². The quantitative estimate of drug-likeness (QED) is 0.491. The van der Waals surface area contributed by atoms with Crippen LogP contribution in [0.2, 0.25) is 0 Å². The second kappa shape index (κ2) is 7.05. The molecule has 0 saturated carbocycles. The molecule has 0 saturated heterocycles. The highest BCUT2D eigenvalue weighted by Crippen LogP contribution is 2.19. The predicted molar refractivity (Wildman–Crippen MR) is 58.0 cm³/mol. The zero-order valence-electron chi connectivity index (χ0n) is 7.39. The maximum Gasteiger partial charge on any atom is 0.518 e. The van der Waals surface area contributed by atoms with E-state index in [9.17, 15) is 0 Å². The van der Waals surface area contributed by atoms with Crippen LogP contribution in [0.3, 0.4) is 0 Å². The van der Waals surface area contributed by atoms with Gasteiger partial charge in [-0.05, 0) is 17.4 Å². The molecule has 0 fully saturated rings. The van der Waals surface area contributed by atoms with E-state index in [0.29, 0.717) is 0 Å². The summed E-state index contributed by atoms with van der Waals surface area (Å²) >= 11 is 5.98. The Balaban J connectivity index is 0. The Morgan fingerprint density at radius 1 is 1.17 bits per heavy atom. The highest BCUT2D eigenvalue weighted by molar-refractivity contribution is 6.71. The van der Waals surface area contributed by atoms with Crippen molar-refractivity contribution >= 4 is 31.4 Å². The van der Waals surface area contributed by atoms with Crippen LogP contribution in [-0.2, 0) is 13.3 Å². The number of halogens is 1. The van der Waals surface area contributed by atoms with Gasteiger partial charge in [0, 0.05) is 21.3 Å². The van der Waals surface area contributed by atoms with Crippen LogP contribution in [0.15, 0.2) is 0 Å². The molecule has 3 nitrogen and oxygen atoms in total. The molecule has 6 heteroatoms. The van der Waals surface area contributed by atoms with E-state index in [2.05, 4.69) is 0 Å². The second-order valence-corrected chi connectivity index (χ2v) is 6.11. The van der Waals surface area contributed by atoms with Gasteiger partial charge in [0.1, 0.15) is 5.00 Å². The predicted octanol–water partition coefficient (Wildman–Crippen LogP) is -0.0305. The lowest BCUT2D eigenvalue weighted by Crippen LogP contribution is -2.51. The van der Waals surface area contributed by atoms with Crippen molar-refractivity contribution in [3.63, 3.8) is 0 Å². The monoisotopic (exact) mass is 230 g/mol. The molecule has 1 unspecified atom stereocenters. The van der Waals surface area contributed by atoms with Crippen LogP contribution in [0.1, 0.15) is 13.3 Å². The number of hydrogen-bond acceptors (Lipinski definition) is 3. The summed E-state index contributed by atoms with van der Waals surface area (Å²) in [5.74, 6) is 0. The van der Waals surface area contributed by atoms with Crippen LogP contribution >= 0.6 is 11.6 Å². The maximum absolute atomic E-state index is 5.98. The Labute approximate surface area is 84.7 Å². The molecule has 0 aromatic rings. The molecule has 0 aromatic heterocycles. The molecular weight excluding hydrogens is 212 g/mol. The molecule has 0 radical (unpaired) electrons. The third-order valence-electron chi connectivity index (χ3n) is 1.60. The summed E-state index contributed by atoms with van der Waals surface area (Å²) in [4.78, 5) is 0. The second-order valence-electron chi connectivity index (χ2n) is 2.09. The van der Waals surface area contributed by atoms with Crippen molar-refractivity contribution in [1.82, 2.24) is 0 Å². The van der Waals surface area contributed by atoms with Gasteiger partial charge in [0.2, 0.25) is 0 Å². The van der Waals surface area contributed by atoms with Crippen LogP contribution < -0.4 is 0 Å². The Morgan fingerprint density at radius 2 is 1.50 bits per heavy atom. The van der Waals surface area contributed by atoms with Crippen LogP contribution in [-0.4, -0.2) is 46.1 Å². The lowest BCUT2D eigenvalue weighted by molar-refractivity contribution is 0.120. The molecule has 0 aliphatic carbocycles.